The first-order valence-electron chi connectivity index (χ1n) is 6.30. The van der Waals surface area contributed by atoms with Crippen molar-refractivity contribution < 1.29 is 0 Å². The van der Waals surface area contributed by atoms with Gasteiger partial charge in [0, 0.05) is 19.1 Å². The fourth-order valence-corrected chi connectivity index (χ4v) is 2.84. The van der Waals surface area contributed by atoms with Crippen LogP contribution in [0, 0.1) is 5.92 Å². The van der Waals surface area contributed by atoms with Crippen molar-refractivity contribution in [2.45, 2.75) is 45.1 Å². The molecule has 2 saturated heterocycles. The first-order valence-corrected chi connectivity index (χ1v) is 6.30. The fraction of sp³-hybridized carbons (Fsp3) is 1.00. The van der Waals surface area contributed by atoms with Gasteiger partial charge in [0.25, 0.3) is 0 Å². The monoisotopic (exact) mass is 196 g/mol. The van der Waals surface area contributed by atoms with Gasteiger partial charge >= 0.3 is 0 Å². The van der Waals surface area contributed by atoms with Crippen molar-refractivity contribution >= 4 is 0 Å². The van der Waals surface area contributed by atoms with E-state index in [9.17, 15) is 0 Å². The van der Waals surface area contributed by atoms with Crippen LogP contribution in [0.3, 0.4) is 0 Å². The highest BCUT2D eigenvalue weighted by Crippen LogP contribution is 2.17. The van der Waals surface area contributed by atoms with E-state index in [0.29, 0.717) is 0 Å². The number of hydrogen-bond acceptors (Lipinski definition) is 2. The lowest BCUT2D eigenvalue weighted by Gasteiger charge is -2.35. The summed E-state index contributed by atoms with van der Waals surface area (Å²) < 4.78 is 0. The van der Waals surface area contributed by atoms with Crippen molar-refractivity contribution in [3.63, 3.8) is 0 Å². The van der Waals surface area contributed by atoms with Crippen LogP contribution in [0.5, 0.6) is 0 Å². The molecule has 2 heterocycles. The number of nitrogens with zero attached hydrogens (tertiary/aromatic N) is 1. The van der Waals surface area contributed by atoms with Gasteiger partial charge in [0.15, 0.2) is 0 Å². The molecule has 14 heavy (non-hydrogen) atoms. The molecule has 2 aliphatic rings. The maximum atomic E-state index is 3.64. The van der Waals surface area contributed by atoms with Crippen LogP contribution in [0.25, 0.3) is 0 Å². The summed E-state index contributed by atoms with van der Waals surface area (Å²) in [5, 5.41) is 3.64. The Hall–Kier alpha value is -0.0800. The van der Waals surface area contributed by atoms with Crippen LogP contribution < -0.4 is 5.32 Å². The molecule has 2 rings (SSSR count). The molecule has 2 atom stereocenters. The minimum atomic E-state index is 0.786. The maximum Gasteiger partial charge on any atom is 0.0195 e. The molecule has 2 nitrogen and oxygen atoms in total. The van der Waals surface area contributed by atoms with Crippen LogP contribution in [0.2, 0.25) is 0 Å². The third-order valence-corrected chi connectivity index (χ3v) is 3.63. The van der Waals surface area contributed by atoms with Crippen LogP contribution in [0.4, 0.5) is 0 Å². The zero-order valence-electron chi connectivity index (χ0n) is 9.47. The van der Waals surface area contributed by atoms with Gasteiger partial charge in [0.1, 0.15) is 0 Å². The molecule has 0 radical (unpaired) electrons. The topological polar surface area (TPSA) is 15.3 Å². The summed E-state index contributed by atoms with van der Waals surface area (Å²) in [6.45, 7) is 7.60. The summed E-state index contributed by atoms with van der Waals surface area (Å²) in [5.41, 5.74) is 0. The van der Waals surface area contributed by atoms with E-state index < -0.39 is 0 Å². The van der Waals surface area contributed by atoms with Crippen molar-refractivity contribution in [3.05, 3.63) is 0 Å². The van der Waals surface area contributed by atoms with Crippen molar-refractivity contribution in [3.8, 4) is 0 Å². The largest absolute Gasteiger partial charge is 0.313 e. The van der Waals surface area contributed by atoms with Gasteiger partial charge in [-0.3, -0.25) is 0 Å². The number of piperidine rings is 2. The minimum absolute atomic E-state index is 0.786. The fourth-order valence-electron chi connectivity index (χ4n) is 2.84. The molecule has 0 aliphatic carbocycles. The minimum Gasteiger partial charge on any atom is -0.313 e. The van der Waals surface area contributed by atoms with Crippen molar-refractivity contribution in [2.75, 3.05) is 26.2 Å². The molecule has 1 N–H and O–H groups in total. The third-order valence-electron chi connectivity index (χ3n) is 3.63. The molecular formula is C12H24N2. The number of hydrogen-bond donors (Lipinski definition) is 1. The number of likely N-dealkylation sites (tertiary alicyclic amines) is 1. The Labute approximate surface area is 88.1 Å². The molecule has 0 saturated carbocycles. The summed E-state index contributed by atoms with van der Waals surface area (Å²) in [6.07, 6.45) is 7.06. The Morgan fingerprint density at radius 2 is 2.14 bits per heavy atom. The highest BCUT2D eigenvalue weighted by molar-refractivity contribution is 4.78. The highest BCUT2D eigenvalue weighted by Gasteiger charge is 2.20. The summed E-state index contributed by atoms with van der Waals surface area (Å²) >= 11 is 0. The first-order chi connectivity index (χ1) is 6.84. The Morgan fingerprint density at radius 1 is 1.21 bits per heavy atom. The number of rotatable bonds is 2. The van der Waals surface area contributed by atoms with Crippen LogP contribution in [-0.4, -0.2) is 37.1 Å². The summed E-state index contributed by atoms with van der Waals surface area (Å²) in [6, 6.07) is 0.786. The number of nitrogens with one attached hydrogen (secondary N) is 1. The molecule has 0 aromatic rings. The highest BCUT2D eigenvalue weighted by atomic mass is 15.2. The van der Waals surface area contributed by atoms with Gasteiger partial charge in [-0.05, 0) is 44.7 Å². The third kappa shape index (κ3) is 2.96. The second kappa shape index (κ2) is 5.13. The standard InChI is InChI=1S/C12H24N2/c1-11-5-4-8-14(9-11)10-12-6-2-3-7-13-12/h11-13H,2-10H2,1H3/t11-,12+/m0/s1. The molecule has 0 unspecified atom stereocenters. The second-order valence-electron chi connectivity index (χ2n) is 5.15. The summed E-state index contributed by atoms with van der Waals surface area (Å²) in [4.78, 5) is 2.66. The van der Waals surface area contributed by atoms with Gasteiger partial charge < -0.3 is 10.2 Å². The van der Waals surface area contributed by atoms with Gasteiger partial charge in [-0.25, -0.2) is 0 Å². The lowest BCUT2D eigenvalue weighted by atomic mass is 9.98. The van der Waals surface area contributed by atoms with E-state index in [1.54, 1.807) is 0 Å². The lowest BCUT2D eigenvalue weighted by molar-refractivity contribution is 0.159. The first kappa shape index (κ1) is 10.4. The zero-order valence-corrected chi connectivity index (χ0v) is 9.47. The Bertz CT molecular complexity index is 164. The Morgan fingerprint density at radius 3 is 2.86 bits per heavy atom. The van der Waals surface area contributed by atoms with E-state index in [0.717, 1.165) is 12.0 Å². The molecular weight excluding hydrogens is 172 g/mol. The van der Waals surface area contributed by atoms with Crippen molar-refractivity contribution in [1.29, 1.82) is 0 Å². The van der Waals surface area contributed by atoms with E-state index in [-0.39, 0.29) is 0 Å². The van der Waals surface area contributed by atoms with E-state index in [1.165, 1.54) is 58.3 Å². The Kier molecular flexibility index (Phi) is 3.82. The van der Waals surface area contributed by atoms with Crippen molar-refractivity contribution in [2.24, 2.45) is 5.92 Å². The zero-order chi connectivity index (χ0) is 9.80. The molecule has 0 spiro atoms. The molecule has 2 heteroatoms. The van der Waals surface area contributed by atoms with E-state index >= 15 is 0 Å². The van der Waals surface area contributed by atoms with Gasteiger partial charge in [0.2, 0.25) is 0 Å². The van der Waals surface area contributed by atoms with Gasteiger partial charge in [-0.2, -0.15) is 0 Å². The van der Waals surface area contributed by atoms with Gasteiger partial charge in [-0.15, -0.1) is 0 Å². The average Bonchev–Trinajstić information content (AvgIpc) is 2.19. The molecule has 0 aromatic heterocycles. The summed E-state index contributed by atoms with van der Waals surface area (Å²) in [7, 11) is 0. The van der Waals surface area contributed by atoms with Gasteiger partial charge in [0.05, 0.1) is 0 Å². The second-order valence-corrected chi connectivity index (χ2v) is 5.15. The van der Waals surface area contributed by atoms with E-state index in [4.69, 9.17) is 0 Å². The van der Waals surface area contributed by atoms with Crippen LogP contribution in [-0.2, 0) is 0 Å². The molecule has 0 amide bonds. The average molecular weight is 196 g/mol. The molecule has 0 bridgehead atoms. The molecule has 2 fully saturated rings. The predicted molar refractivity (Wildman–Crippen MR) is 60.5 cm³/mol. The van der Waals surface area contributed by atoms with Gasteiger partial charge in [-0.1, -0.05) is 13.3 Å². The molecule has 82 valence electrons. The van der Waals surface area contributed by atoms with E-state index in [2.05, 4.69) is 17.1 Å². The smallest absolute Gasteiger partial charge is 0.0195 e. The van der Waals surface area contributed by atoms with Crippen LogP contribution >= 0.6 is 0 Å². The van der Waals surface area contributed by atoms with E-state index in [1.807, 2.05) is 0 Å². The Balaban J connectivity index is 1.72. The summed E-state index contributed by atoms with van der Waals surface area (Å²) in [5.74, 6) is 0.923. The van der Waals surface area contributed by atoms with Crippen LogP contribution in [0.15, 0.2) is 0 Å². The predicted octanol–water partition coefficient (Wildman–Crippen LogP) is 1.86. The normalized spacial score (nSPS) is 35.8. The van der Waals surface area contributed by atoms with Crippen LogP contribution in [0.1, 0.15) is 39.0 Å². The molecule has 0 aromatic carbocycles. The quantitative estimate of drug-likeness (QED) is 0.725. The lowest BCUT2D eigenvalue weighted by Crippen LogP contribution is -2.46. The SMILES string of the molecule is C[C@H]1CCCN(C[C@H]2CCCCN2)C1. The maximum absolute atomic E-state index is 3.64. The molecule has 2 aliphatic heterocycles. The van der Waals surface area contributed by atoms with Crippen molar-refractivity contribution in [1.82, 2.24) is 10.2 Å².